The summed E-state index contributed by atoms with van der Waals surface area (Å²) in [6.45, 7) is 11.3. The minimum absolute atomic E-state index is 0.0754. The van der Waals surface area contributed by atoms with E-state index in [2.05, 4.69) is 46.6 Å². The van der Waals surface area contributed by atoms with Crippen molar-refractivity contribution in [1.82, 2.24) is 14.9 Å². The summed E-state index contributed by atoms with van der Waals surface area (Å²) in [5.74, 6) is 1.08. The van der Waals surface area contributed by atoms with Crippen molar-refractivity contribution in [2.24, 2.45) is 5.73 Å². The van der Waals surface area contributed by atoms with Gasteiger partial charge in [0.25, 0.3) is 0 Å². The fourth-order valence-electron chi connectivity index (χ4n) is 2.87. The van der Waals surface area contributed by atoms with Gasteiger partial charge in [-0.1, -0.05) is 0 Å². The Balaban J connectivity index is 1.80. The lowest BCUT2D eigenvalue weighted by Gasteiger charge is -2.43. The van der Waals surface area contributed by atoms with E-state index in [1.54, 1.807) is 17.7 Å². The number of thiophene rings is 1. The van der Waals surface area contributed by atoms with Gasteiger partial charge >= 0.3 is 0 Å². The molecule has 1 saturated heterocycles. The normalized spacial score (nSPS) is 17.6. The van der Waals surface area contributed by atoms with Crippen molar-refractivity contribution in [3.63, 3.8) is 0 Å². The van der Waals surface area contributed by atoms with E-state index < -0.39 is 0 Å². The van der Waals surface area contributed by atoms with Crippen LogP contribution < -0.4 is 10.6 Å². The van der Waals surface area contributed by atoms with Crippen LogP contribution in [0.5, 0.6) is 0 Å². The summed E-state index contributed by atoms with van der Waals surface area (Å²) >= 11 is 1.73. The predicted molar refractivity (Wildman–Crippen MR) is 89.1 cm³/mol. The fourth-order valence-corrected chi connectivity index (χ4v) is 3.71. The molecule has 0 aromatic carbocycles. The zero-order chi connectivity index (χ0) is 15.0. The van der Waals surface area contributed by atoms with E-state index >= 15 is 0 Å². The molecular formula is C15H23N5S. The van der Waals surface area contributed by atoms with E-state index in [0.717, 1.165) is 36.8 Å². The largest absolute Gasteiger partial charge is 0.353 e. The fraction of sp³-hybridized carbons (Fsp3) is 0.600. The molecule has 1 fully saturated rings. The van der Waals surface area contributed by atoms with Gasteiger partial charge in [0.05, 0.1) is 5.39 Å². The van der Waals surface area contributed by atoms with Crippen LogP contribution in [0.4, 0.5) is 5.82 Å². The number of hydrogen-bond acceptors (Lipinski definition) is 6. The van der Waals surface area contributed by atoms with E-state index in [-0.39, 0.29) is 5.54 Å². The number of aromatic nitrogens is 2. The van der Waals surface area contributed by atoms with E-state index in [4.69, 9.17) is 5.73 Å². The second kappa shape index (κ2) is 5.51. The number of hydrogen-bond donors (Lipinski definition) is 1. The number of nitrogens with zero attached hydrogens (tertiary/aromatic N) is 4. The molecule has 0 unspecified atom stereocenters. The third kappa shape index (κ3) is 2.75. The Morgan fingerprint density at radius 2 is 1.95 bits per heavy atom. The first-order chi connectivity index (χ1) is 10.0. The van der Waals surface area contributed by atoms with Crippen molar-refractivity contribution in [1.29, 1.82) is 0 Å². The van der Waals surface area contributed by atoms with Gasteiger partial charge in [0, 0.05) is 43.1 Å². The minimum Gasteiger partial charge on any atom is -0.353 e. The summed E-state index contributed by atoms with van der Waals surface area (Å²) in [6.07, 6.45) is 1.68. The van der Waals surface area contributed by atoms with Gasteiger partial charge in [-0.05, 0) is 26.8 Å². The highest BCUT2D eigenvalue weighted by molar-refractivity contribution is 7.18. The molecule has 2 aromatic rings. The Morgan fingerprint density at radius 3 is 2.62 bits per heavy atom. The standard InChI is InChI=1S/C15H23N5S/c1-11-8-12-13(17-10-18-14(12)21-11)19-4-6-20(7-5-19)15(2,3)9-16/h8,10H,4-7,9,16H2,1-3H3. The topological polar surface area (TPSA) is 58.3 Å². The van der Waals surface area contributed by atoms with Gasteiger partial charge < -0.3 is 10.6 Å². The molecule has 1 aliphatic rings. The van der Waals surface area contributed by atoms with E-state index in [9.17, 15) is 0 Å². The molecule has 0 radical (unpaired) electrons. The molecule has 0 aliphatic carbocycles. The van der Waals surface area contributed by atoms with Gasteiger partial charge in [-0.3, -0.25) is 4.90 Å². The highest BCUT2D eigenvalue weighted by atomic mass is 32.1. The van der Waals surface area contributed by atoms with Crippen LogP contribution in [0.2, 0.25) is 0 Å². The molecule has 21 heavy (non-hydrogen) atoms. The van der Waals surface area contributed by atoms with Gasteiger partial charge in [0.2, 0.25) is 0 Å². The summed E-state index contributed by atoms with van der Waals surface area (Å²) in [6, 6.07) is 2.20. The van der Waals surface area contributed by atoms with Crippen LogP contribution in [-0.4, -0.2) is 53.1 Å². The highest BCUT2D eigenvalue weighted by Gasteiger charge is 2.29. The highest BCUT2D eigenvalue weighted by Crippen LogP contribution is 2.30. The average Bonchev–Trinajstić information content (AvgIpc) is 2.87. The van der Waals surface area contributed by atoms with Gasteiger partial charge in [0.15, 0.2) is 0 Å². The van der Waals surface area contributed by atoms with E-state index in [1.807, 2.05) is 0 Å². The summed E-state index contributed by atoms with van der Waals surface area (Å²) in [7, 11) is 0. The van der Waals surface area contributed by atoms with Gasteiger partial charge in [-0.15, -0.1) is 11.3 Å². The first kappa shape index (κ1) is 14.7. The number of piperazine rings is 1. The SMILES string of the molecule is Cc1cc2c(N3CCN(C(C)(C)CN)CC3)ncnc2s1. The molecular weight excluding hydrogens is 282 g/mol. The summed E-state index contributed by atoms with van der Waals surface area (Å²) in [5, 5.41) is 1.19. The quantitative estimate of drug-likeness (QED) is 0.938. The summed E-state index contributed by atoms with van der Waals surface area (Å²) in [5.41, 5.74) is 5.96. The first-order valence-corrected chi connectivity index (χ1v) is 8.24. The number of anilines is 1. The van der Waals surface area contributed by atoms with E-state index in [1.165, 1.54) is 10.3 Å². The molecule has 1 aliphatic heterocycles. The average molecular weight is 305 g/mol. The van der Waals surface area contributed by atoms with Crippen molar-refractivity contribution < 1.29 is 0 Å². The van der Waals surface area contributed by atoms with Crippen molar-refractivity contribution in [2.45, 2.75) is 26.3 Å². The lowest BCUT2D eigenvalue weighted by Crippen LogP contribution is -2.57. The monoisotopic (exact) mass is 305 g/mol. The Kier molecular flexibility index (Phi) is 3.86. The summed E-state index contributed by atoms with van der Waals surface area (Å²) < 4.78 is 0. The molecule has 0 bridgehead atoms. The minimum atomic E-state index is 0.0754. The van der Waals surface area contributed by atoms with Crippen LogP contribution in [0.15, 0.2) is 12.4 Å². The maximum atomic E-state index is 5.89. The lowest BCUT2D eigenvalue weighted by molar-refractivity contribution is 0.119. The van der Waals surface area contributed by atoms with Crippen molar-refractivity contribution in [3.8, 4) is 0 Å². The summed E-state index contributed by atoms with van der Waals surface area (Å²) in [4.78, 5) is 16.1. The zero-order valence-electron chi connectivity index (χ0n) is 13.0. The van der Waals surface area contributed by atoms with E-state index in [0.29, 0.717) is 6.54 Å². The Bertz CT molecular complexity index is 628. The Labute approximate surface area is 129 Å². The lowest BCUT2D eigenvalue weighted by atomic mass is 10.0. The van der Waals surface area contributed by atoms with Gasteiger partial charge in [0.1, 0.15) is 17.0 Å². The molecule has 0 spiro atoms. The second-order valence-electron chi connectivity index (χ2n) is 6.26. The third-order valence-corrected chi connectivity index (χ3v) is 5.32. The predicted octanol–water partition coefficient (Wildman–Crippen LogP) is 1.86. The Morgan fingerprint density at radius 1 is 1.24 bits per heavy atom. The smallest absolute Gasteiger partial charge is 0.140 e. The number of fused-ring (bicyclic) bond motifs is 1. The number of nitrogens with two attached hydrogens (primary N) is 1. The molecule has 3 heterocycles. The molecule has 2 aromatic heterocycles. The molecule has 5 nitrogen and oxygen atoms in total. The van der Waals surface area contributed by atoms with Crippen molar-refractivity contribution >= 4 is 27.4 Å². The van der Waals surface area contributed by atoms with Gasteiger partial charge in [-0.2, -0.15) is 0 Å². The first-order valence-electron chi connectivity index (χ1n) is 7.42. The maximum absolute atomic E-state index is 5.89. The maximum Gasteiger partial charge on any atom is 0.140 e. The van der Waals surface area contributed by atoms with Crippen LogP contribution in [0.3, 0.4) is 0 Å². The third-order valence-electron chi connectivity index (χ3n) is 4.37. The van der Waals surface area contributed by atoms with Crippen LogP contribution in [0.25, 0.3) is 10.2 Å². The van der Waals surface area contributed by atoms with Crippen LogP contribution in [-0.2, 0) is 0 Å². The second-order valence-corrected chi connectivity index (χ2v) is 7.50. The van der Waals surface area contributed by atoms with Crippen LogP contribution in [0, 0.1) is 6.92 Å². The van der Waals surface area contributed by atoms with Crippen molar-refractivity contribution in [2.75, 3.05) is 37.6 Å². The molecule has 114 valence electrons. The molecule has 2 N–H and O–H groups in total. The molecule has 0 saturated carbocycles. The Hall–Kier alpha value is -1.24. The zero-order valence-corrected chi connectivity index (χ0v) is 13.8. The van der Waals surface area contributed by atoms with Crippen LogP contribution in [0.1, 0.15) is 18.7 Å². The molecule has 0 atom stereocenters. The van der Waals surface area contributed by atoms with Crippen molar-refractivity contribution in [3.05, 3.63) is 17.3 Å². The number of aryl methyl sites for hydroxylation is 1. The molecule has 6 heteroatoms. The van der Waals surface area contributed by atoms with Gasteiger partial charge in [-0.25, -0.2) is 9.97 Å². The number of rotatable bonds is 3. The molecule has 0 amide bonds. The molecule has 3 rings (SSSR count). The van der Waals surface area contributed by atoms with Crippen LogP contribution >= 0.6 is 11.3 Å².